The van der Waals surface area contributed by atoms with Gasteiger partial charge in [-0.2, -0.15) is 0 Å². The van der Waals surface area contributed by atoms with Crippen molar-refractivity contribution in [1.82, 2.24) is 19.9 Å². The molecule has 170 valence electrons. The normalized spacial score (nSPS) is 11.2. The number of carbonyl (C=O) groups is 1. The number of aromatic nitrogens is 4. The maximum absolute atomic E-state index is 12.9. The average Bonchev–Trinajstić information content (AvgIpc) is 3.51. The molecule has 0 spiro atoms. The number of fused-ring (bicyclic) bond motifs is 2. The lowest BCUT2D eigenvalue weighted by Gasteiger charge is -2.07. The van der Waals surface area contributed by atoms with Gasteiger partial charge in [-0.15, -0.1) is 11.3 Å². The number of aromatic amines is 2. The van der Waals surface area contributed by atoms with Crippen LogP contribution in [0.3, 0.4) is 0 Å². The van der Waals surface area contributed by atoms with Crippen molar-refractivity contribution in [2.24, 2.45) is 0 Å². The number of hydrogen-bond acceptors (Lipinski definition) is 5. The van der Waals surface area contributed by atoms with Crippen molar-refractivity contribution >= 4 is 44.9 Å². The third kappa shape index (κ3) is 4.22. The Morgan fingerprint density at radius 2 is 1.83 bits per heavy atom. The summed E-state index contributed by atoms with van der Waals surface area (Å²) in [4.78, 5) is 40.1. The van der Waals surface area contributed by atoms with Crippen molar-refractivity contribution in [3.63, 3.8) is 0 Å². The number of anilines is 1. The molecule has 4 aromatic heterocycles. The second kappa shape index (κ2) is 8.66. The molecule has 1 amide bonds. The Balaban J connectivity index is 1.21. The lowest BCUT2D eigenvalue weighted by atomic mass is 10.1. The zero-order valence-electron chi connectivity index (χ0n) is 18.4. The van der Waals surface area contributed by atoms with E-state index in [0.717, 1.165) is 45.2 Å². The number of rotatable bonds is 5. The molecule has 0 aliphatic carbocycles. The Morgan fingerprint density at radius 3 is 2.66 bits per heavy atom. The Bertz CT molecular complexity index is 1730. The number of hydrogen-bond donors (Lipinski definition) is 3. The van der Waals surface area contributed by atoms with Crippen LogP contribution in [-0.4, -0.2) is 25.8 Å². The van der Waals surface area contributed by atoms with Crippen LogP contribution in [0.25, 0.3) is 33.3 Å². The van der Waals surface area contributed by atoms with E-state index in [-0.39, 0.29) is 11.5 Å². The van der Waals surface area contributed by atoms with E-state index in [1.807, 2.05) is 65.5 Å². The van der Waals surface area contributed by atoms with Crippen molar-refractivity contribution < 1.29 is 4.79 Å². The van der Waals surface area contributed by atoms with E-state index in [4.69, 9.17) is 0 Å². The zero-order chi connectivity index (χ0) is 23.8. The lowest BCUT2D eigenvalue weighted by Crippen LogP contribution is -2.11. The summed E-state index contributed by atoms with van der Waals surface area (Å²) in [6.07, 6.45) is 4.39. The van der Waals surface area contributed by atoms with Crippen molar-refractivity contribution in [3.05, 3.63) is 111 Å². The first-order valence-electron chi connectivity index (χ1n) is 11.0. The Hall–Kier alpha value is -4.56. The summed E-state index contributed by atoms with van der Waals surface area (Å²) in [6, 6.07) is 19.0. The standard InChI is InChI=1S/C27H19N5O2S/c33-26(29-20-6-3-16(4-7-20)10-17-2-1-9-28-13-17)18-5-8-21-19(11-18)12-22(30-21)25-27(34)32-24-15-35-14-23(24)31-25/h1-9,11-15,30H,10H2,(H,29,33)(H,32,34). The molecule has 35 heavy (non-hydrogen) atoms. The number of benzene rings is 2. The lowest BCUT2D eigenvalue weighted by molar-refractivity contribution is 0.102. The van der Waals surface area contributed by atoms with Crippen molar-refractivity contribution in [1.29, 1.82) is 0 Å². The molecule has 0 bridgehead atoms. The van der Waals surface area contributed by atoms with Gasteiger partial charge in [0, 0.05) is 45.3 Å². The predicted octanol–water partition coefficient (Wildman–Crippen LogP) is 5.37. The van der Waals surface area contributed by atoms with Crippen LogP contribution < -0.4 is 10.9 Å². The molecule has 4 heterocycles. The fraction of sp³-hybridized carbons (Fsp3) is 0.0370. The molecule has 6 rings (SSSR count). The summed E-state index contributed by atoms with van der Waals surface area (Å²) < 4.78 is 0. The minimum Gasteiger partial charge on any atom is -0.353 e. The topological polar surface area (TPSA) is 104 Å². The van der Waals surface area contributed by atoms with Gasteiger partial charge in [-0.3, -0.25) is 14.6 Å². The van der Waals surface area contributed by atoms with E-state index in [0.29, 0.717) is 17.0 Å². The molecular weight excluding hydrogens is 458 g/mol. The smallest absolute Gasteiger partial charge is 0.276 e. The van der Waals surface area contributed by atoms with E-state index < -0.39 is 0 Å². The van der Waals surface area contributed by atoms with Crippen molar-refractivity contribution in [2.75, 3.05) is 5.32 Å². The Labute approximate surface area is 203 Å². The molecule has 3 N–H and O–H groups in total. The van der Waals surface area contributed by atoms with Crippen LogP contribution in [0.1, 0.15) is 21.5 Å². The van der Waals surface area contributed by atoms with Crippen LogP contribution in [-0.2, 0) is 6.42 Å². The second-order valence-electron chi connectivity index (χ2n) is 8.26. The van der Waals surface area contributed by atoms with Crippen molar-refractivity contribution in [2.45, 2.75) is 6.42 Å². The van der Waals surface area contributed by atoms with Crippen LogP contribution >= 0.6 is 11.3 Å². The first-order chi connectivity index (χ1) is 17.1. The molecule has 0 atom stereocenters. The van der Waals surface area contributed by atoms with Gasteiger partial charge < -0.3 is 15.3 Å². The number of nitrogens with zero attached hydrogens (tertiary/aromatic N) is 2. The van der Waals surface area contributed by atoms with Gasteiger partial charge in [0.25, 0.3) is 11.5 Å². The molecule has 0 radical (unpaired) electrons. The molecule has 0 aliphatic rings. The number of thiophene rings is 1. The van der Waals surface area contributed by atoms with Gasteiger partial charge in [0.05, 0.1) is 16.7 Å². The van der Waals surface area contributed by atoms with Gasteiger partial charge >= 0.3 is 0 Å². The molecule has 0 aliphatic heterocycles. The van der Waals surface area contributed by atoms with E-state index >= 15 is 0 Å². The van der Waals surface area contributed by atoms with Gasteiger partial charge in [-0.1, -0.05) is 18.2 Å². The minimum absolute atomic E-state index is 0.203. The van der Waals surface area contributed by atoms with Crippen LogP contribution in [0.2, 0.25) is 0 Å². The average molecular weight is 478 g/mol. The van der Waals surface area contributed by atoms with Gasteiger partial charge in [0.2, 0.25) is 0 Å². The monoisotopic (exact) mass is 477 g/mol. The van der Waals surface area contributed by atoms with Gasteiger partial charge in [0.1, 0.15) is 0 Å². The van der Waals surface area contributed by atoms with E-state index in [1.165, 1.54) is 11.3 Å². The number of carbonyl (C=O) groups excluding carboxylic acids is 1. The highest BCUT2D eigenvalue weighted by molar-refractivity contribution is 7.09. The molecule has 2 aromatic carbocycles. The van der Waals surface area contributed by atoms with Gasteiger partial charge in [-0.05, 0) is 60.0 Å². The van der Waals surface area contributed by atoms with E-state index in [9.17, 15) is 9.59 Å². The highest BCUT2D eigenvalue weighted by atomic mass is 32.1. The van der Waals surface area contributed by atoms with E-state index in [2.05, 4.69) is 25.3 Å². The first-order valence-corrected chi connectivity index (χ1v) is 12.0. The number of amides is 1. The number of pyridine rings is 1. The molecule has 0 fully saturated rings. The predicted molar refractivity (Wildman–Crippen MR) is 139 cm³/mol. The first kappa shape index (κ1) is 21.0. The Kier molecular flexibility index (Phi) is 5.20. The zero-order valence-corrected chi connectivity index (χ0v) is 19.2. The maximum Gasteiger partial charge on any atom is 0.276 e. The molecule has 8 heteroatoms. The third-order valence-electron chi connectivity index (χ3n) is 5.82. The highest BCUT2D eigenvalue weighted by Gasteiger charge is 2.13. The van der Waals surface area contributed by atoms with Crippen LogP contribution in [0.4, 0.5) is 5.69 Å². The minimum atomic E-state index is -0.257. The SMILES string of the molecule is O=C(Nc1ccc(Cc2cccnc2)cc1)c1ccc2[nH]c(-c3nc4cscc4[nH]c3=O)cc2c1. The fourth-order valence-electron chi connectivity index (χ4n) is 4.05. The number of nitrogens with one attached hydrogen (secondary N) is 3. The summed E-state index contributed by atoms with van der Waals surface area (Å²) in [7, 11) is 0. The van der Waals surface area contributed by atoms with E-state index in [1.54, 1.807) is 18.3 Å². The summed E-state index contributed by atoms with van der Waals surface area (Å²) in [5.74, 6) is -0.203. The number of H-pyrrole nitrogens is 2. The molecule has 7 nitrogen and oxygen atoms in total. The van der Waals surface area contributed by atoms with Crippen LogP contribution in [0, 0.1) is 0 Å². The largest absolute Gasteiger partial charge is 0.353 e. The maximum atomic E-state index is 12.9. The molecular formula is C27H19N5O2S. The summed E-state index contributed by atoms with van der Waals surface area (Å²) in [5.41, 5.74) is 6.49. The van der Waals surface area contributed by atoms with Gasteiger partial charge in [0.15, 0.2) is 5.69 Å². The molecule has 6 aromatic rings. The second-order valence-corrected chi connectivity index (χ2v) is 9.00. The van der Waals surface area contributed by atoms with Crippen LogP contribution in [0.5, 0.6) is 0 Å². The Morgan fingerprint density at radius 1 is 0.943 bits per heavy atom. The third-order valence-corrected chi connectivity index (χ3v) is 6.55. The quantitative estimate of drug-likeness (QED) is 0.310. The summed E-state index contributed by atoms with van der Waals surface area (Å²) >= 11 is 1.49. The van der Waals surface area contributed by atoms with Crippen LogP contribution in [0.15, 0.2) is 88.6 Å². The summed E-state index contributed by atoms with van der Waals surface area (Å²) in [5, 5.41) is 7.53. The highest BCUT2D eigenvalue weighted by Crippen LogP contribution is 2.24. The fourth-order valence-corrected chi connectivity index (χ4v) is 4.75. The van der Waals surface area contributed by atoms with Crippen molar-refractivity contribution in [3.8, 4) is 11.4 Å². The molecule has 0 saturated heterocycles. The summed E-state index contributed by atoms with van der Waals surface area (Å²) in [6.45, 7) is 0. The molecule has 0 saturated carbocycles. The molecule has 0 unspecified atom stereocenters. The van der Waals surface area contributed by atoms with Gasteiger partial charge in [-0.25, -0.2) is 4.98 Å².